The van der Waals surface area contributed by atoms with Crippen LogP contribution in [0.5, 0.6) is 0 Å². The van der Waals surface area contributed by atoms with Gasteiger partial charge in [-0.3, -0.25) is 9.00 Å². The van der Waals surface area contributed by atoms with Gasteiger partial charge in [0.1, 0.15) is 4.75 Å². The molecule has 2 atom stereocenters. The van der Waals surface area contributed by atoms with Crippen LogP contribution in [0, 0.1) is 0 Å². The number of carbonyl (C=O) groups is 1. The van der Waals surface area contributed by atoms with Crippen LogP contribution in [0.1, 0.15) is 39.5 Å². The van der Waals surface area contributed by atoms with Crippen molar-refractivity contribution in [1.29, 1.82) is 0 Å². The van der Waals surface area contributed by atoms with Crippen molar-refractivity contribution < 1.29 is 18.8 Å². The molecule has 1 fully saturated rings. The number of aliphatic carboxylic acids is 1. The molecule has 0 bridgehead atoms. The number of rotatable bonds is 6. The zero-order valence-electron chi connectivity index (χ0n) is 9.90. The Morgan fingerprint density at radius 2 is 2.25 bits per heavy atom. The molecule has 0 aromatic heterocycles. The quantitative estimate of drug-likeness (QED) is 0.774. The highest BCUT2D eigenvalue weighted by Gasteiger charge is 2.34. The first-order valence-corrected chi connectivity index (χ1v) is 7.00. The third kappa shape index (κ3) is 3.56. The van der Waals surface area contributed by atoms with Gasteiger partial charge in [-0.15, -0.1) is 0 Å². The van der Waals surface area contributed by atoms with E-state index in [2.05, 4.69) is 0 Å². The lowest BCUT2D eigenvalue weighted by atomic mass is 10.1. The minimum absolute atomic E-state index is 0.296. The van der Waals surface area contributed by atoms with Gasteiger partial charge in [0.05, 0.1) is 6.10 Å². The van der Waals surface area contributed by atoms with Gasteiger partial charge in [-0.05, 0) is 39.5 Å². The second kappa shape index (κ2) is 5.77. The van der Waals surface area contributed by atoms with E-state index in [1.807, 2.05) is 0 Å². The number of hydrogen-bond donors (Lipinski definition) is 1. The summed E-state index contributed by atoms with van der Waals surface area (Å²) in [6.45, 7) is 3.85. The van der Waals surface area contributed by atoms with E-state index >= 15 is 0 Å². The minimum atomic E-state index is -1.32. The largest absolute Gasteiger partial charge is 0.480 e. The van der Waals surface area contributed by atoms with Crippen LogP contribution < -0.4 is 0 Å². The summed E-state index contributed by atoms with van der Waals surface area (Å²) in [6, 6.07) is 0. The van der Waals surface area contributed by atoms with E-state index < -0.39 is 21.5 Å². The average Bonchev–Trinajstić information content (AvgIpc) is 2.70. The molecule has 0 amide bonds. The molecule has 0 spiro atoms. The Labute approximate surface area is 98.8 Å². The summed E-state index contributed by atoms with van der Waals surface area (Å²) in [6.07, 6.45) is 4.14. The zero-order chi connectivity index (χ0) is 12.2. The Balaban J connectivity index is 2.26. The zero-order valence-corrected chi connectivity index (χ0v) is 10.7. The summed E-state index contributed by atoms with van der Waals surface area (Å²) < 4.78 is 16.1. The van der Waals surface area contributed by atoms with Crippen molar-refractivity contribution in [2.24, 2.45) is 0 Å². The molecule has 1 rings (SSSR count). The molecule has 1 heterocycles. The van der Waals surface area contributed by atoms with Crippen LogP contribution in [-0.2, 0) is 20.3 Å². The average molecular weight is 248 g/mol. The van der Waals surface area contributed by atoms with Crippen molar-refractivity contribution in [2.75, 3.05) is 12.4 Å². The van der Waals surface area contributed by atoms with Gasteiger partial charge in [0.25, 0.3) is 0 Å². The first-order chi connectivity index (χ1) is 7.44. The summed E-state index contributed by atoms with van der Waals surface area (Å²) in [5.41, 5.74) is 0. The molecule has 0 aromatic rings. The molecule has 0 aliphatic carbocycles. The Hall–Kier alpha value is -0.420. The van der Waals surface area contributed by atoms with Crippen molar-refractivity contribution in [2.45, 2.75) is 50.4 Å². The molecular weight excluding hydrogens is 228 g/mol. The van der Waals surface area contributed by atoms with Crippen molar-refractivity contribution >= 4 is 16.8 Å². The Morgan fingerprint density at radius 3 is 2.75 bits per heavy atom. The van der Waals surface area contributed by atoms with Gasteiger partial charge in [0, 0.05) is 23.2 Å². The van der Waals surface area contributed by atoms with Crippen LogP contribution in [-0.4, -0.2) is 38.5 Å². The van der Waals surface area contributed by atoms with E-state index in [4.69, 9.17) is 9.84 Å². The molecule has 5 heteroatoms. The second-order valence-corrected chi connectivity index (χ2v) is 6.76. The first kappa shape index (κ1) is 13.6. The molecule has 16 heavy (non-hydrogen) atoms. The van der Waals surface area contributed by atoms with Crippen LogP contribution in [0.15, 0.2) is 0 Å². The third-order valence-corrected chi connectivity index (χ3v) is 4.94. The maximum absolute atomic E-state index is 11.8. The summed E-state index contributed by atoms with van der Waals surface area (Å²) in [4.78, 5) is 10.9. The van der Waals surface area contributed by atoms with E-state index in [0.717, 1.165) is 32.3 Å². The SMILES string of the molecule is CC(C)(C(=O)O)S(=O)CCCC1CCCO1. The molecule has 94 valence electrons. The van der Waals surface area contributed by atoms with Crippen LogP contribution >= 0.6 is 0 Å². The highest BCUT2D eigenvalue weighted by molar-refractivity contribution is 7.87. The smallest absolute Gasteiger partial charge is 0.321 e. The van der Waals surface area contributed by atoms with E-state index in [0.29, 0.717) is 11.9 Å². The molecule has 0 saturated carbocycles. The summed E-state index contributed by atoms with van der Waals surface area (Å²) in [5.74, 6) is -0.554. The fourth-order valence-corrected chi connectivity index (χ4v) is 2.80. The molecule has 1 aliphatic rings. The van der Waals surface area contributed by atoms with E-state index in [-0.39, 0.29) is 0 Å². The van der Waals surface area contributed by atoms with Gasteiger partial charge < -0.3 is 9.84 Å². The van der Waals surface area contributed by atoms with Crippen molar-refractivity contribution in [3.63, 3.8) is 0 Å². The monoisotopic (exact) mass is 248 g/mol. The molecule has 2 unspecified atom stereocenters. The maximum Gasteiger partial charge on any atom is 0.321 e. The van der Waals surface area contributed by atoms with Gasteiger partial charge in [0.2, 0.25) is 0 Å². The predicted molar refractivity (Wildman–Crippen MR) is 62.9 cm³/mol. The first-order valence-electron chi connectivity index (χ1n) is 5.68. The summed E-state index contributed by atoms with van der Waals surface area (Å²) >= 11 is 0. The molecule has 1 saturated heterocycles. The highest BCUT2D eigenvalue weighted by atomic mass is 32.2. The van der Waals surface area contributed by atoms with Crippen LogP contribution in [0.4, 0.5) is 0 Å². The van der Waals surface area contributed by atoms with E-state index in [9.17, 15) is 9.00 Å². The minimum Gasteiger partial charge on any atom is -0.480 e. The predicted octanol–water partition coefficient (Wildman–Crippen LogP) is 1.56. The van der Waals surface area contributed by atoms with E-state index in [1.165, 1.54) is 13.8 Å². The molecule has 0 radical (unpaired) electrons. The third-order valence-electron chi connectivity index (χ3n) is 2.96. The number of carboxylic acids is 1. The van der Waals surface area contributed by atoms with Crippen LogP contribution in [0.3, 0.4) is 0 Å². The van der Waals surface area contributed by atoms with Crippen LogP contribution in [0.25, 0.3) is 0 Å². The second-order valence-electron chi connectivity index (χ2n) is 4.64. The lowest BCUT2D eigenvalue weighted by Gasteiger charge is -2.18. The molecular formula is C11H20O4S. The highest BCUT2D eigenvalue weighted by Crippen LogP contribution is 2.19. The number of ether oxygens (including phenoxy) is 1. The maximum atomic E-state index is 11.8. The van der Waals surface area contributed by atoms with Gasteiger partial charge in [0.15, 0.2) is 0 Å². The number of carboxylic acid groups (broad SMARTS) is 1. The summed E-state index contributed by atoms with van der Waals surface area (Å²) in [7, 11) is -1.32. The Morgan fingerprint density at radius 1 is 1.56 bits per heavy atom. The number of hydrogen-bond acceptors (Lipinski definition) is 3. The van der Waals surface area contributed by atoms with E-state index in [1.54, 1.807) is 0 Å². The van der Waals surface area contributed by atoms with Gasteiger partial charge in [-0.25, -0.2) is 0 Å². The van der Waals surface area contributed by atoms with Gasteiger partial charge in [-0.2, -0.15) is 0 Å². The molecule has 4 nitrogen and oxygen atoms in total. The lowest BCUT2D eigenvalue weighted by molar-refractivity contribution is -0.139. The standard InChI is InChI=1S/C11H20O4S/c1-11(2,10(12)13)16(14)8-4-6-9-5-3-7-15-9/h9H,3-8H2,1-2H3,(H,12,13). The Bertz CT molecular complexity index is 269. The topological polar surface area (TPSA) is 63.6 Å². The fraction of sp³-hybridized carbons (Fsp3) is 0.909. The van der Waals surface area contributed by atoms with Crippen LogP contribution in [0.2, 0.25) is 0 Å². The lowest BCUT2D eigenvalue weighted by Crippen LogP contribution is -2.37. The van der Waals surface area contributed by atoms with Gasteiger partial charge in [-0.1, -0.05) is 0 Å². The van der Waals surface area contributed by atoms with Crippen molar-refractivity contribution in [3.8, 4) is 0 Å². The van der Waals surface area contributed by atoms with Crippen molar-refractivity contribution in [3.05, 3.63) is 0 Å². The summed E-state index contributed by atoms with van der Waals surface area (Å²) in [5, 5.41) is 8.90. The van der Waals surface area contributed by atoms with Gasteiger partial charge >= 0.3 is 5.97 Å². The Kier molecular flexibility index (Phi) is 4.92. The van der Waals surface area contributed by atoms with Crippen molar-refractivity contribution in [1.82, 2.24) is 0 Å². The molecule has 1 aliphatic heterocycles. The molecule has 1 N–H and O–H groups in total. The fourth-order valence-electron chi connectivity index (χ4n) is 1.67. The normalized spacial score (nSPS) is 23.2. The molecule has 0 aromatic carbocycles.